The molecule has 5 heteroatoms. The van der Waals surface area contributed by atoms with Crippen LogP contribution in [0.4, 0.5) is 4.79 Å². The Morgan fingerprint density at radius 3 is 2.38 bits per heavy atom. The largest absolute Gasteiger partial charge is 0.373 e. The number of carbonyl (C=O) groups excluding carboxylic acids is 2. The Labute approximate surface area is 76.7 Å². The lowest BCUT2D eigenvalue weighted by Crippen LogP contribution is -2.49. The molecule has 1 unspecified atom stereocenters. The predicted octanol–water partition coefficient (Wildman–Crippen LogP) is 0.0452. The van der Waals surface area contributed by atoms with Crippen molar-refractivity contribution < 1.29 is 14.7 Å². The molecule has 74 valence electrons. The van der Waals surface area contributed by atoms with E-state index in [9.17, 15) is 14.7 Å². The second-order valence-corrected chi connectivity index (χ2v) is 3.58. The molecule has 0 saturated carbocycles. The molecule has 2 N–H and O–H groups in total. The van der Waals surface area contributed by atoms with Crippen LogP contribution >= 0.6 is 0 Å². The van der Waals surface area contributed by atoms with E-state index in [0.29, 0.717) is 6.42 Å². The zero-order valence-corrected chi connectivity index (χ0v) is 8.00. The highest BCUT2D eigenvalue weighted by Gasteiger charge is 2.47. The van der Waals surface area contributed by atoms with Gasteiger partial charge in [-0.1, -0.05) is 6.92 Å². The number of amides is 3. The number of urea groups is 1. The molecule has 5 nitrogen and oxygen atoms in total. The molecule has 0 aromatic heterocycles. The zero-order valence-electron chi connectivity index (χ0n) is 8.00. The van der Waals surface area contributed by atoms with Crippen LogP contribution in [0.25, 0.3) is 0 Å². The first-order valence-electron chi connectivity index (χ1n) is 4.24. The molecular formula is C8H14N2O3. The lowest BCUT2D eigenvalue weighted by Gasteiger charge is -2.31. The molecule has 0 aliphatic carbocycles. The minimum atomic E-state index is -0.952. The summed E-state index contributed by atoms with van der Waals surface area (Å²) in [6.45, 7) is 4.95. The van der Waals surface area contributed by atoms with Crippen LogP contribution in [0, 0.1) is 0 Å². The molecule has 1 aliphatic heterocycles. The second-order valence-electron chi connectivity index (χ2n) is 3.58. The van der Waals surface area contributed by atoms with Crippen molar-refractivity contribution in [2.45, 2.75) is 39.0 Å². The van der Waals surface area contributed by atoms with Gasteiger partial charge in [0.1, 0.15) is 11.8 Å². The summed E-state index contributed by atoms with van der Waals surface area (Å²) >= 11 is 0. The van der Waals surface area contributed by atoms with Gasteiger partial charge in [-0.2, -0.15) is 0 Å². The van der Waals surface area contributed by atoms with Crippen LogP contribution in [0.3, 0.4) is 0 Å². The summed E-state index contributed by atoms with van der Waals surface area (Å²) in [5, 5.41) is 11.7. The summed E-state index contributed by atoms with van der Waals surface area (Å²) in [6, 6.07) is -0.524. The van der Waals surface area contributed by atoms with Crippen LogP contribution in [0.15, 0.2) is 0 Å². The lowest BCUT2D eigenvalue weighted by atomic mass is 10.0. The van der Waals surface area contributed by atoms with Crippen LogP contribution in [0.1, 0.15) is 27.2 Å². The molecule has 0 aromatic carbocycles. The number of imide groups is 1. The van der Waals surface area contributed by atoms with E-state index in [1.165, 1.54) is 0 Å². The van der Waals surface area contributed by atoms with Gasteiger partial charge in [0.2, 0.25) is 0 Å². The fraction of sp³-hybridized carbons (Fsp3) is 0.750. The van der Waals surface area contributed by atoms with Gasteiger partial charge >= 0.3 is 6.03 Å². The smallest absolute Gasteiger partial charge is 0.327 e. The number of hydrogen-bond donors (Lipinski definition) is 2. The number of aliphatic hydroxyl groups excluding tert-OH is 1. The van der Waals surface area contributed by atoms with E-state index in [1.54, 1.807) is 20.8 Å². The van der Waals surface area contributed by atoms with E-state index >= 15 is 0 Å². The molecule has 0 bridgehead atoms. The van der Waals surface area contributed by atoms with Crippen molar-refractivity contribution in [3.8, 4) is 0 Å². The number of hydrogen-bond acceptors (Lipinski definition) is 3. The van der Waals surface area contributed by atoms with Crippen molar-refractivity contribution in [2.24, 2.45) is 0 Å². The SMILES string of the molecule is CCC(O)N1C(=O)NC(=O)C1(C)C. The monoisotopic (exact) mass is 186 g/mol. The third kappa shape index (κ3) is 1.39. The molecule has 1 heterocycles. The Kier molecular flexibility index (Phi) is 2.30. The summed E-state index contributed by atoms with van der Waals surface area (Å²) in [5.74, 6) is -0.370. The van der Waals surface area contributed by atoms with Gasteiger partial charge in [0, 0.05) is 0 Å². The second kappa shape index (κ2) is 2.99. The lowest BCUT2D eigenvalue weighted by molar-refractivity contribution is -0.128. The zero-order chi connectivity index (χ0) is 10.2. The number of carbonyl (C=O) groups is 2. The van der Waals surface area contributed by atoms with Gasteiger partial charge in [-0.25, -0.2) is 4.79 Å². The molecular weight excluding hydrogens is 172 g/mol. The normalized spacial score (nSPS) is 23.2. The van der Waals surface area contributed by atoms with Gasteiger partial charge in [-0.05, 0) is 20.3 Å². The molecule has 1 fully saturated rings. The van der Waals surface area contributed by atoms with Gasteiger partial charge in [0.25, 0.3) is 5.91 Å². The molecule has 0 aromatic rings. The summed E-state index contributed by atoms with van der Waals surface area (Å²) < 4.78 is 0. The van der Waals surface area contributed by atoms with Crippen LogP contribution in [-0.2, 0) is 4.79 Å². The van der Waals surface area contributed by atoms with E-state index in [2.05, 4.69) is 5.32 Å². The summed E-state index contributed by atoms with van der Waals surface area (Å²) in [5.41, 5.74) is -0.952. The van der Waals surface area contributed by atoms with Gasteiger partial charge in [-0.3, -0.25) is 15.0 Å². The maximum Gasteiger partial charge on any atom is 0.327 e. The highest BCUT2D eigenvalue weighted by molar-refractivity contribution is 6.06. The van der Waals surface area contributed by atoms with Crippen LogP contribution in [0.5, 0.6) is 0 Å². The molecule has 1 rings (SSSR count). The van der Waals surface area contributed by atoms with Gasteiger partial charge in [0.15, 0.2) is 0 Å². The standard InChI is InChI=1S/C8H14N2O3/c1-4-5(11)10-7(13)9-6(12)8(10,2)3/h5,11H,4H2,1-3H3,(H,9,12,13). The minimum absolute atomic E-state index is 0.370. The number of nitrogens with zero attached hydrogens (tertiary/aromatic N) is 1. The molecule has 0 spiro atoms. The molecule has 1 saturated heterocycles. The molecule has 1 atom stereocenters. The highest BCUT2D eigenvalue weighted by atomic mass is 16.3. The van der Waals surface area contributed by atoms with E-state index in [4.69, 9.17) is 0 Å². The van der Waals surface area contributed by atoms with Crippen molar-refractivity contribution in [1.82, 2.24) is 10.2 Å². The van der Waals surface area contributed by atoms with Crippen molar-refractivity contribution in [3.05, 3.63) is 0 Å². The molecule has 0 radical (unpaired) electrons. The first-order valence-corrected chi connectivity index (χ1v) is 4.24. The van der Waals surface area contributed by atoms with E-state index in [0.717, 1.165) is 4.90 Å². The Balaban J connectivity index is 2.95. The fourth-order valence-corrected chi connectivity index (χ4v) is 1.36. The third-order valence-electron chi connectivity index (χ3n) is 2.26. The first kappa shape index (κ1) is 9.98. The molecule has 1 aliphatic rings. The fourth-order valence-electron chi connectivity index (χ4n) is 1.36. The Morgan fingerprint density at radius 2 is 2.08 bits per heavy atom. The number of aliphatic hydroxyl groups is 1. The maximum absolute atomic E-state index is 11.3. The third-order valence-corrected chi connectivity index (χ3v) is 2.26. The van der Waals surface area contributed by atoms with Crippen LogP contribution in [0.2, 0.25) is 0 Å². The van der Waals surface area contributed by atoms with E-state index < -0.39 is 17.8 Å². The Hall–Kier alpha value is -1.10. The maximum atomic E-state index is 11.3. The Bertz CT molecular complexity index is 250. The predicted molar refractivity (Wildman–Crippen MR) is 45.8 cm³/mol. The molecule has 13 heavy (non-hydrogen) atoms. The van der Waals surface area contributed by atoms with Crippen molar-refractivity contribution in [2.75, 3.05) is 0 Å². The minimum Gasteiger partial charge on any atom is -0.373 e. The highest BCUT2D eigenvalue weighted by Crippen LogP contribution is 2.23. The van der Waals surface area contributed by atoms with Crippen LogP contribution < -0.4 is 5.32 Å². The first-order chi connectivity index (χ1) is 5.91. The van der Waals surface area contributed by atoms with Gasteiger partial charge < -0.3 is 5.11 Å². The quantitative estimate of drug-likeness (QED) is 0.598. The van der Waals surface area contributed by atoms with Crippen molar-refractivity contribution >= 4 is 11.9 Å². The number of nitrogens with one attached hydrogen (secondary N) is 1. The van der Waals surface area contributed by atoms with Crippen molar-refractivity contribution in [1.29, 1.82) is 0 Å². The van der Waals surface area contributed by atoms with Crippen LogP contribution in [-0.4, -0.2) is 33.7 Å². The van der Waals surface area contributed by atoms with Gasteiger partial charge in [0.05, 0.1) is 0 Å². The number of rotatable bonds is 2. The topological polar surface area (TPSA) is 69.6 Å². The molecule has 3 amide bonds. The van der Waals surface area contributed by atoms with E-state index in [1.807, 2.05) is 0 Å². The summed E-state index contributed by atoms with van der Waals surface area (Å²) in [7, 11) is 0. The van der Waals surface area contributed by atoms with E-state index in [-0.39, 0.29) is 5.91 Å². The van der Waals surface area contributed by atoms with Gasteiger partial charge in [-0.15, -0.1) is 0 Å². The summed E-state index contributed by atoms with van der Waals surface area (Å²) in [4.78, 5) is 23.6. The Morgan fingerprint density at radius 1 is 1.54 bits per heavy atom. The summed E-state index contributed by atoms with van der Waals surface area (Å²) in [6.07, 6.45) is -0.495. The van der Waals surface area contributed by atoms with Crippen molar-refractivity contribution in [3.63, 3.8) is 0 Å². The average molecular weight is 186 g/mol. The average Bonchev–Trinajstić information content (AvgIpc) is 2.21.